The number of piperazine rings is 1. The second-order valence-electron chi connectivity index (χ2n) is 4.97. The summed E-state index contributed by atoms with van der Waals surface area (Å²) in [6.07, 6.45) is 2.03. The Morgan fingerprint density at radius 1 is 1.35 bits per heavy atom. The zero-order chi connectivity index (χ0) is 11.7. The van der Waals surface area contributed by atoms with Crippen LogP contribution in [0.15, 0.2) is 6.20 Å². The van der Waals surface area contributed by atoms with Crippen molar-refractivity contribution in [2.45, 2.75) is 19.5 Å². The van der Waals surface area contributed by atoms with Crippen molar-refractivity contribution in [1.82, 2.24) is 20.1 Å². The monoisotopic (exact) mass is 252 g/mol. The van der Waals surface area contributed by atoms with Gasteiger partial charge in [0.15, 0.2) is 0 Å². The van der Waals surface area contributed by atoms with E-state index >= 15 is 0 Å². The summed E-state index contributed by atoms with van der Waals surface area (Å²) < 4.78 is 0. The zero-order valence-electron chi connectivity index (χ0n) is 10.4. The van der Waals surface area contributed by atoms with Crippen LogP contribution in [0.2, 0.25) is 0 Å². The molecule has 2 fully saturated rings. The molecule has 0 bridgehead atoms. The van der Waals surface area contributed by atoms with Gasteiger partial charge in [-0.3, -0.25) is 9.80 Å². The Balaban J connectivity index is 1.47. The number of aryl methyl sites for hydroxylation is 1. The van der Waals surface area contributed by atoms with Gasteiger partial charge >= 0.3 is 0 Å². The van der Waals surface area contributed by atoms with Crippen LogP contribution in [0.1, 0.15) is 9.88 Å². The molecule has 0 amide bonds. The Labute approximate surface area is 107 Å². The molecular formula is C12H20N4S. The Morgan fingerprint density at radius 2 is 2.12 bits per heavy atom. The van der Waals surface area contributed by atoms with E-state index in [1.54, 1.807) is 0 Å². The maximum absolute atomic E-state index is 4.32. The van der Waals surface area contributed by atoms with Crippen LogP contribution in [0.3, 0.4) is 0 Å². The van der Waals surface area contributed by atoms with E-state index < -0.39 is 0 Å². The molecule has 2 aliphatic heterocycles. The molecule has 5 heteroatoms. The van der Waals surface area contributed by atoms with E-state index in [-0.39, 0.29) is 0 Å². The average molecular weight is 252 g/mol. The summed E-state index contributed by atoms with van der Waals surface area (Å²) in [5.41, 5.74) is 0. The topological polar surface area (TPSA) is 31.4 Å². The van der Waals surface area contributed by atoms with Crippen molar-refractivity contribution in [3.8, 4) is 0 Å². The number of hydrogen-bond donors (Lipinski definition) is 1. The Bertz CT molecular complexity index is 366. The zero-order valence-corrected chi connectivity index (χ0v) is 11.2. The molecule has 0 unspecified atom stereocenters. The van der Waals surface area contributed by atoms with E-state index in [0.29, 0.717) is 0 Å². The fourth-order valence-electron chi connectivity index (χ4n) is 2.52. The molecule has 2 saturated heterocycles. The van der Waals surface area contributed by atoms with E-state index in [1.807, 2.05) is 17.5 Å². The highest BCUT2D eigenvalue weighted by Gasteiger charge is 2.27. The first-order valence-corrected chi connectivity index (χ1v) is 7.21. The van der Waals surface area contributed by atoms with Gasteiger partial charge in [-0.2, -0.15) is 0 Å². The number of aromatic nitrogens is 1. The fourth-order valence-corrected chi connectivity index (χ4v) is 3.35. The SMILES string of the molecule is Cc1ncc(CN2CCN(C3CNC3)CC2)s1. The lowest BCUT2D eigenvalue weighted by atomic mass is 10.1. The maximum atomic E-state index is 4.32. The van der Waals surface area contributed by atoms with E-state index in [2.05, 4.69) is 27.0 Å². The third-order valence-corrected chi connectivity index (χ3v) is 4.63. The highest BCUT2D eigenvalue weighted by Crippen LogP contribution is 2.16. The van der Waals surface area contributed by atoms with Gasteiger partial charge in [-0.15, -0.1) is 11.3 Å². The highest BCUT2D eigenvalue weighted by molar-refractivity contribution is 7.11. The minimum atomic E-state index is 0.808. The van der Waals surface area contributed by atoms with Crippen molar-refractivity contribution in [3.05, 3.63) is 16.1 Å². The first kappa shape index (κ1) is 11.6. The highest BCUT2D eigenvalue weighted by atomic mass is 32.1. The summed E-state index contributed by atoms with van der Waals surface area (Å²) in [5, 5.41) is 4.53. The normalized spacial score (nSPS) is 23.8. The molecule has 1 aromatic rings. The minimum absolute atomic E-state index is 0.808. The molecule has 1 N–H and O–H groups in total. The maximum Gasteiger partial charge on any atom is 0.0897 e. The van der Waals surface area contributed by atoms with Gasteiger partial charge in [0.2, 0.25) is 0 Å². The Hall–Kier alpha value is -0.490. The molecule has 2 aliphatic rings. The first-order chi connectivity index (χ1) is 8.31. The van der Waals surface area contributed by atoms with Gasteiger partial charge in [0.1, 0.15) is 0 Å². The predicted molar refractivity (Wildman–Crippen MR) is 70.4 cm³/mol. The third kappa shape index (κ3) is 2.68. The Morgan fingerprint density at radius 3 is 2.65 bits per heavy atom. The third-order valence-electron chi connectivity index (χ3n) is 3.73. The summed E-state index contributed by atoms with van der Waals surface area (Å²) in [6.45, 7) is 10.4. The van der Waals surface area contributed by atoms with E-state index in [9.17, 15) is 0 Å². The van der Waals surface area contributed by atoms with Gasteiger partial charge in [-0.05, 0) is 6.92 Å². The van der Waals surface area contributed by atoms with Crippen LogP contribution in [0, 0.1) is 6.92 Å². The van der Waals surface area contributed by atoms with Crippen LogP contribution < -0.4 is 5.32 Å². The number of rotatable bonds is 3. The molecule has 1 aromatic heterocycles. The van der Waals surface area contributed by atoms with Crippen LogP contribution in [0.4, 0.5) is 0 Å². The lowest BCUT2D eigenvalue weighted by molar-refractivity contribution is 0.0700. The molecule has 0 aliphatic carbocycles. The molecule has 17 heavy (non-hydrogen) atoms. The lowest BCUT2D eigenvalue weighted by Crippen LogP contribution is -2.61. The molecule has 0 atom stereocenters. The van der Waals surface area contributed by atoms with Crippen molar-refractivity contribution in [3.63, 3.8) is 0 Å². The van der Waals surface area contributed by atoms with Gasteiger partial charge in [-0.1, -0.05) is 0 Å². The van der Waals surface area contributed by atoms with Gasteiger partial charge in [0.05, 0.1) is 5.01 Å². The van der Waals surface area contributed by atoms with Crippen LogP contribution in [-0.4, -0.2) is 60.1 Å². The van der Waals surface area contributed by atoms with Crippen molar-refractivity contribution in [2.75, 3.05) is 39.3 Å². The smallest absolute Gasteiger partial charge is 0.0897 e. The molecular weight excluding hydrogens is 232 g/mol. The lowest BCUT2D eigenvalue weighted by Gasteiger charge is -2.43. The summed E-state index contributed by atoms with van der Waals surface area (Å²) in [4.78, 5) is 10.9. The number of thiazole rings is 1. The molecule has 3 heterocycles. The van der Waals surface area contributed by atoms with E-state index in [0.717, 1.165) is 12.6 Å². The average Bonchev–Trinajstić information content (AvgIpc) is 2.64. The van der Waals surface area contributed by atoms with E-state index in [1.165, 1.54) is 49.2 Å². The van der Waals surface area contributed by atoms with E-state index in [4.69, 9.17) is 0 Å². The largest absolute Gasteiger partial charge is 0.314 e. The van der Waals surface area contributed by atoms with Crippen LogP contribution >= 0.6 is 11.3 Å². The van der Waals surface area contributed by atoms with Gasteiger partial charge < -0.3 is 5.32 Å². The number of nitrogens with zero attached hydrogens (tertiary/aromatic N) is 3. The second kappa shape index (κ2) is 5.02. The minimum Gasteiger partial charge on any atom is -0.314 e. The molecule has 0 saturated carbocycles. The van der Waals surface area contributed by atoms with Crippen LogP contribution in [0.5, 0.6) is 0 Å². The molecule has 0 radical (unpaired) electrons. The number of hydrogen-bond acceptors (Lipinski definition) is 5. The number of nitrogens with one attached hydrogen (secondary N) is 1. The van der Waals surface area contributed by atoms with Gasteiger partial charge in [0.25, 0.3) is 0 Å². The molecule has 0 aromatic carbocycles. The summed E-state index contributed by atoms with van der Waals surface area (Å²) >= 11 is 1.83. The Kier molecular flexibility index (Phi) is 3.42. The molecule has 4 nitrogen and oxygen atoms in total. The first-order valence-electron chi connectivity index (χ1n) is 6.40. The van der Waals surface area contributed by atoms with Crippen LogP contribution in [-0.2, 0) is 6.54 Å². The summed E-state index contributed by atoms with van der Waals surface area (Å²) in [6, 6.07) is 0.808. The fraction of sp³-hybridized carbons (Fsp3) is 0.750. The van der Waals surface area contributed by atoms with Crippen molar-refractivity contribution in [1.29, 1.82) is 0 Å². The molecule has 3 rings (SSSR count). The quantitative estimate of drug-likeness (QED) is 0.851. The predicted octanol–water partition coefficient (Wildman–Crippen LogP) is 0.541. The second-order valence-corrected chi connectivity index (χ2v) is 6.29. The van der Waals surface area contributed by atoms with Gasteiger partial charge in [-0.25, -0.2) is 4.98 Å². The summed E-state index contributed by atoms with van der Waals surface area (Å²) in [7, 11) is 0. The van der Waals surface area contributed by atoms with Crippen LogP contribution in [0.25, 0.3) is 0 Å². The van der Waals surface area contributed by atoms with Gasteiger partial charge in [0, 0.05) is 62.9 Å². The van der Waals surface area contributed by atoms with Crippen molar-refractivity contribution >= 4 is 11.3 Å². The van der Waals surface area contributed by atoms with Crippen molar-refractivity contribution < 1.29 is 0 Å². The standard InChI is InChI=1S/C12H20N4S/c1-10-14-8-12(17-10)9-15-2-4-16(5-3-15)11-6-13-7-11/h8,11,13H,2-7,9H2,1H3. The summed E-state index contributed by atoms with van der Waals surface area (Å²) in [5.74, 6) is 0. The molecule has 94 valence electrons. The molecule has 0 spiro atoms. The van der Waals surface area contributed by atoms with Crippen molar-refractivity contribution in [2.24, 2.45) is 0 Å².